The number of benzene rings is 1. The smallest absolute Gasteiger partial charge is 0.301 e. The predicted octanol–water partition coefficient (Wildman–Crippen LogP) is 2.68. The molecule has 0 aromatic heterocycles. The molecule has 0 heterocycles. The molecule has 0 saturated carbocycles. The van der Waals surface area contributed by atoms with Crippen LogP contribution in [0, 0.1) is 10.1 Å². The first-order valence-electron chi connectivity index (χ1n) is 4.36. The molecule has 1 N–H and O–H groups in total. The Labute approximate surface area is 106 Å². The summed E-state index contributed by atoms with van der Waals surface area (Å²) in [7, 11) is 0. The average molecular weight is 304 g/mol. The van der Waals surface area contributed by atoms with Crippen molar-refractivity contribution in [1.82, 2.24) is 0 Å². The fourth-order valence-corrected chi connectivity index (χ4v) is 1.00. The maximum atomic E-state index is 10.2. The molecule has 0 aliphatic rings. The zero-order valence-corrected chi connectivity index (χ0v) is 10.5. The number of nitrogens with zero attached hydrogens (tertiary/aromatic N) is 1. The van der Waals surface area contributed by atoms with Crippen molar-refractivity contribution < 1.29 is 19.9 Å². The molecule has 1 aromatic carbocycles. The van der Waals surface area contributed by atoms with E-state index in [0.717, 1.165) is 12.5 Å². The first-order valence-corrected chi connectivity index (χ1v) is 5.15. The summed E-state index contributed by atoms with van der Waals surface area (Å²) in [6, 6.07) is 9.10. The van der Waals surface area contributed by atoms with Crippen LogP contribution in [0.25, 0.3) is 6.08 Å². The molecule has 0 amide bonds. The molecule has 7 heteroatoms. The second-order valence-electron chi connectivity index (χ2n) is 2.72. The van der Waals surface area contributed by atoms with Gasteiger partial charge in [-0.25, -0.2) is 4.79 Å². The number of carbonyl (C=O) groups excluding carboxylic acids is 1. The lowest BCUT2D eigenvalue weighted by molar-refractivity contribution is -0.407. The highest BCUT2D eigenvalue weighted by Gasteiger charge is 2.02. The molecule has 0 bridgehead atoms. The van der Waals surface area contributed by atoms with Gasteiger partial charge in [-0.3, -0.25) is 10.1 Å². The maximum Gasteiger partial charge on any atom is 0.339 e. The van der Waals surface area contributed by atoms with Gasteiger partial charge in [0.2, 0.25) is 0 Å². The largest absolute Gasteiger partial charge is 0.339 e. The summed E-state index contributed by atoms with van der Waals surface area (Å²) in [5.74, 6) is -0.690. The topological polar surface area (TPSA) is 89.7 Å². The van der Waals surface area contributed by atoms with Crippen LogP contribution < -0.4 is 0 Å². The van der Waals surface area contributed by atoms with Gasteiger partial charge in [0.05, 0.1) is 4.92 Å². The molecular formula is C10H10BrNO5. The van der Waals surface area contributed by atoms with Gasteiger partial charge in [0.25, 0.3) is 0 Å². The fraction of sp³-hybridized carbons (Fsp3) is 0.100. The maximum absolute atomic E-state index is 10.2. The summed E-state index contributed by atoms with van der Waals surface area (Å²) in [5.41, 5.74) is 0.807. The van der Waals surface area contributed by atoms with Crippen molar-refractivity contribution >= 4 is 28.0 Å². The third-order valence-corrected chi connectivity index (χ3v) is 1.91. The van der Waals surface area contributed by atoms with Gasteiger partial charge in [-0.1, -0.05) is 30.3 Å². The monoisotopic (exact) mass is 303 g/mol. The molecule has 1 rings (SSSR count). The molecule has 0 unspecified atom stereocenters. The second-order valence-corrected chi connectivity index (χ2v) is 3.53. The van der Waals surface area contributed by atoms with E-state index in [0.29, 0.717) is 0 Å². The van der Waals surface area contributed by atoms with Gasteiger partial charge in [-0.2, -0.15) is 5.26 Å². The van der Waals surface area contributed by atoms with Crippen LogP contribution in [-0.4, -0.2) is 16.1 Å². The molecule has 6 nitrogen and oxygen atoms in total. The van der Waals surface area contributed by atoms with E-state index in [9.17, 15) is 14.9 Å². The van der Waals surface area contributed by atoms with E-state index in [2.05, 4.69) is 20.8 Å². The lowest BCUT2D eigenvalue weighted by Gasteiger charge is -1.89. The molecule has 0 saturated heterocycles. The van der Waals surface area contributed by atoms with E-state index in [1.807, 2.05) is 18.2 Å². The molecule has 0 aliphatic heterocycles. The summed E-state index contributed by atoms with van der Waals surface area (Å²) in [6.07, 6.45) is 1.46. The lowest BCUT2D eigenvalue weighted by Crippen LogP contribution is -1.89. The third-order valence-electron chi connectivity index (χ3n) is 1.39. The molecular weight excluding hydrogens is 294 g/mol. The lowest BCUT2D eigenvalue weighted by atomic mass is 10.2. The van der Waals surface area contributed by atoms with E-state index in [4.69, 9.17) is 5.26 Å². The molecule has 92 valence electrons. The van der Waals surface area contributed by atoms with Crippen molar-refractivity contribution in [2.75, 3.05) is 0 Å². The Kier molecular flexibility index (Phi) is 7.57. The molecule has 0 aliphatic carbocycles. The minimum atomic E-state index is -0.690. The van der Waals surface area contributed by atoms with Crippen LogP contribution in [0.4, 0.5) is 0 Å². The van der Waals surface area contributed by atoms with Crippen LogP contribution >= 0.6 is 15.9 Å². The first-order chi connectivity index (χ1) is 7.97. The quantitative estimate of drug-likeness (QED) is 0.392. The van der Waals surface area contributed by atoms with E-state index in [1.165, 1.54) is 6.08 Å². The van der Waals surface area contributed by atoms with Crippen LogP contribution in [0.1, 0.15) is 12.5 Å². The van der Waals surface area contributed by atoms with Gasteiger partial charge in [-0.15, -0.1) is 0 Å². The Hall–Kier alpha value is -1.73. The highest BCUT2D eigenvalue weighted by molar-refractivity contribution is 9.11. The van der Waals surface area contributed by atoms with Crippen molar-refractivity contribution in [2.24, 2.45) is 0 Å². The molecule has 0 atom stereocenters. The van der Waals surface area contributed by atoms with Crippen LogP contribution in [0.2, 0.25) is 0 Å². The minimum Gasteiger partial charge on any atom is -0.301 e. The predicted molar refractivity (Wildman–Crippen MR) is 64.7 cm³/mol. The van der Waals surface area contributed by atoms with Crippen LogP contribution in [0.3, 0.4) is 0 Å². The van der Waals surface area contributed by atoms with E-state index >= 15 is 0 Å². The summed E-state index contributed by atoms with van der Waals surface area (Å²) in [4.78, 5) is 22.2. The summed E-state index contributed by atoms with van der Waals surface area (Å²) in [6.45, 7) is 1.11. The Morgan fingerprint density at radius 1 is 1.47 bits per heavy atom. The third kappa shape index (κ3) is 8.12. The Morgan fingerprint density at radius 3 is 2.29 bits per heavy atom. The van der Waals surface area contributed by atoms with Crippen molar-refractivity contribution in [1.29, 1.82) is 0 Å². The highest BCUT2D eigenvalue weighted by atomic mass is 79.9. The Balaban J connectivity index is 0.000000437. The zero-order chi connectivity index (χ0) is 13.3. The highest BCUT2D eigenvalue weighted by Crippen LogP contribution is 2.11. The van der Waals surface area contributed by atoms with Gasteiger partial charge in [0.1, 0.15) is 0 Å². The average Bonchev–Trinajstić information content (AvgIpc) is 2.31. The van der Waals surface area contributed by atoms with E-state index in [-0.39, 0.29) is 4.61 Å². The number of rotatable bonds is 2. The molecule has 17 heavy (non-hydrogen) atoms. The van der Waals surface area contributed by atoms with Crippen molar-refractivity contribution in [3.8, 4) is 0 Å². The second kappa shape index (κ2) is 8.43. The van der Waals surface area contributed by atoms with Crippen molar-refractivity contribution in [3.05, 3.63) is 50.6 Å². The summed E-state index contributed by atoms with van der Waals surface area (Å²) >= 11 is 2.84. The molecule has 0 fully saturated rings. The van der Waals surface area contributed by atoms with Gasteiger partial charge in [-0.05, 0) is 5.56 Å². The van der Waals surface area contributed by atoms with Crippen molar-refractivity contribution in [3.63, 3.8) is 0 Å². The Bertz CT molecular complexity index is 404. The fourth-order valence-electron chi connectivity index (χ4n) is 0.739. The number of halogens is 1. The standard InChI is InChI=1S/C8H6BrNO2.C2H4O3/c9-8(10(11)12)6-7-4-2-1-3-5-7;1-2(3)5-4/h1-6H;4H,1H3. The normalized spacial score (nSPS) is 9.94. The van der Waals surface area contributed by atoms with Gasteiger partial charge in [0.15, 0.2) is 0 Å². The van der Waals surface area contributed by atoms with Crippen LogP contribution in [0.5, 0.6) is 0 Å². The number of nitro groups is 1. The summed E-state index contributed by atoms with van der Waals surface area (Å²) in [5, 5.41) is 17.5. The van der Waals surface area contributed by atoms with Gasteiger partial charge < -0.3 is 4.89 Å². The van der Waals surface area contributed by atoms with Crippen LogP contribution in [-0.2, 0) is 9.68 Å². The van der Waals surface area contributed by atoms with Crippen molar-refractivity contribution in [2.45, 2.75) is 6.92 Å². The summed E-state index contributed by atoms with van der Waals surface area (Å²) < 4.78 is -0.0336. The Morgan fingerprint density at radius 2 is 1.94 bits per heavy atom. The molecule has 0 spiro atoms. The number of hydrogen-bond acceptors (Lipinski definition) is 5. The zero-order valence-electron chi connectivity index (χ0n) is 8.87. The molecule has 0 radical (unpaired) electrons. The SMILES string of the molecule is CC(=O)OO.O=[N+]([O-])C(Br)=Cc1ccccc1. The van der Waals surface area contributed by atoms with E-state index in [1.54, 1.807) is 12.1 Å². The molecule has 1 aromatic rings. The first kappa shape index (κ1) is 15.3. The number of hydrogen-bond donors (Lipinski definition) is 1. The van der Waals surface area contributed by atoms with Gasteiger partial charge >= 0.3 is 10.6 Å². The van der Waals surface area contributed by atoms with E-state index < -0.39 is 10.9 Å². The van der Waals surface area contributed by atoms with Crippen LogP contribution in [0.15, 0.2) is 34.9 Å². The number of carbonyl (C=O) groups is 1. The van der Waals surface area contributed by atoms with Gasteiger partial charge in [0, 0.05) is 28.9 Å². The minimum absolute atomic E-state index is 0.0336.